The van der Waals surface area contributed by atoms with Gasteiger partial charge >= 0.3 is 6.09 Å². The Bertz CT molecular complexity index is 296. The molecule has 0 spiro atoms. The van der Waals surface area contributed by atoms with E-state index in [1.165, 1.54) is 5.01 Å². The van der Waals surface area contributed by atoms with Gasteiger partial charge in [-0.05, 0) is 12.5 Å². The molecule has 5 heteroatoms. The molecule has 0 aliphatic carbocycles. The SMILES string of the molecule is CCOC(=O)N1CC2=C(C=NC2)N1. The maximum Gasteiger partial charge on any atom is 0.428 e. The number of hydrogen-bond donors (Lipinski definition) is 1. The summed E-state index contributed by atoms with van der Waals surface area (Å²) < 4.78 is 4.84. The number of amides is 1. The predicted molar refractivity (Wildman–Crippen MR) is 47.2 cm³/mol. The van der Waals surface area contributed by atoms with Crippen molar-refractivity contribution in [3.8, 4) is 0 Å². The highest BCUT2D eigenvalue weighted by atomic mass is 16.6. The summed E-state index contributed by atoms with van der Waals surface area (Å²) >= 11 is 0. The van der Waals surface area contributed by atoms with Crippen LogP contribution >= 0.6 is 0 Å². The molecule has 1 N–H and O–H groups in total. The Morgan fingerprint density at radius 1 is 1.85 bits per heavy atom. The Balaban J connectivity index is 1.95. The van der Waals surface area contributed by atoms with Crippen molar-refractivity contribution in [3.63, 3.8) is 0 Å². The molecule has 0 fully saturated rings. The quantitative estimate of drug-likeness (QED) is 0.633. The van der Waals surface area contributed by atoms with Gasteiger partial charge in [0.15, 0.2) is 0 Å². The zero-order valence-corrected chi connectivity index (χ0v) is 7.41. The van der Waals surface area contributed by atoms with E-state index in [0.717, 1.165) is 11.3 Å². The van der Waals surface area contributed by atoms with E-state index in [0.29, 0.717) is 19.7 Å². The van der Waals surface area contributed by atoms with Crippen LogP contribution in [-0.2, 0) is 4.74 Å². The molecule has 5 nitrogen and oxygen atoms in total. The summed E-state index contributed by atoms with van der Waals surface area (Å²) in [5.74, 6) is 0. The molecule has 2 rings (SSSR count). The molecule has 70 valence electrons. The summed E-state index contributed by atoms with van der Waals surface area (Å²) in [6, 6.07) is 0. The molecule has 0 bridgehead atoms. The lowest BCUT2D eigenvalue weighted by atomic mass is 10.2. The predicted octanol–water partition coefficient (Wildman–Crippen LogP) is 0.302. The Labute approximate surface area is 76.0 Å². The zero-order valence-electron chi connectivity index (χ0n) is 7.41. The first-order chi connectivity index (χ1) is 6.31. The highest BCUT2D eigenvalue weighted by molar-refractivity contribution is 5.84. The first-order valence-electron chi connectivity index (χ1n) is 4.24. The van der Waals surface area contributed by atoms with E-state index in [-0.39, 0.29) is 6.09 Å². The van der Waals surface area contributed by atoms with Gasteiger partial charge in [0.25, 0.3) is 0 Å². The van der Waals surface area contributed by atoms with Gasteiger partial charge in [0, 0.05) is 6.21 Å². The van der Waals surface area contributed by atoms with E-state index in [1.54, 1.807) is 13.1 Å². The molecule has 13 heavy (non-hydrogen) atoms. The molecular weight excluding hydrogens is 170 g/mol. The summed E-state index contributed by atoms with van der Waals surface area (Å²) in [6.07, 6.45) is 1.42. The van der Waals surface area contributed by atoms with E-state index in [4.69, 9.17) is 4.74 Å². The van der Waals surface area contributed by atoms with E-state index in [1.807, 2.05) is 0 Å². The maximum absolute atomic E-state index is 11.2. The lowest BCUT2D eigenvalue weighted by molar-refractivity contribution is 0.102. The summed E-state index contributed by atoms with van der Waals surface area (Å²) in [6.45, 7) is 3.46. The zero-order chi connectivity index (χ0) is 9.26. The molecular formula is C8H11N3O2. The molecule has 2 aliphatic heterocycles. The second-order valence-electron chi connectivity index (χ2n) is 2.88. The molecule has 0 atom stereocenters. The van der Waals surface area contributed by atoms with Gasteiger partial charge in [-0.2, -0.15) is 0 Å². The summed E-state index contributed by atoms with van der Waals surface area (Å²) in [4.78, 5) is 15.3. The van der Waals surface area contributed by atoms with Crippen molar-refractivity contribution >= 4 is 12.3 Å². The minimum atomic E-state index is -0.328. The van der Waals surface area contributed by atoms with Gasteiger partial charge in [0.05, 0.1) is 25.4 Å². The van der Waals surface area contributed by atoms with E-state index >= 15 is 0 Å². The molecule has 0 aromatic heterocycles. The number of ether oxygens (including phenoxy) is 1. The minimum absolute atomic E-state index is 0.328. The molecule has 2 aliphatic rings. The van der Waals surface area contributed by atoms with Crippen molar-refractivity contribution in [2.45, 2.75) is 6.92 Å². The van der Waals surface area contributed by atoms with Crippen LogP contribution in [0.1, 0.15) is 6.92 Å². The van der Waals surface area contributed by atoms with Gasteiger partial charge in [0.2, 0.25) is 0 Å². The lowest BCUT2D eigenvalue weighted by Crippen LogP contribution is -2.39. The highest BCUT2D eigenvalue weighted by Gasteiger charge is 2.27. The fraction of sp³-hybridized carbons (Fsp3) is 0.500. The van der Waals surface area contributed by atoms with Gasteiger partial charge in [-0.25, -0.2) is 9.80 Å². The van der Waals surface area contributed by atoms with Crippen LogP contribution in [0.5, 0.6) is 0 Å². The molecule has 2 heterocycles. The van der Waals surface area contributed by atoms with Gasteiger partial charge in [-0.15, -0.1) is 0 Å². The third-order valence-electron chi connectivity index (χ3n) is 1.98. The first kappa shape index (κ1) is 8.10. The van der Waals surface area contributed by atoms with E-state index < -0.39 is 0 Å². The monoisotopic (exact) mass is 181 g/mol. The van der Waals surface area contributed by atoms with Crippen molar-refractivity contribution in [2.24, 2.45) is 4.99 Å². The number of allylic oxidation sites excluding steroid dienone is 1. The Morgan fingerprint density at radius 3 is 3.38 bits per heavy atom. The third-order valence-corrected chi connectivity index (χ3v) is 1.98. The van der Waals surface area contributed by atoms with E-state index in [2.05, 4.69) is 10.4 Å². The largest absolute Gasteiger partial charge is 0.448 e. The molecule has 0 saturated carbocycles. The van der Waals surface area contributed by atoms with Crippen LogP contribution in [-0.4, -0.2) is 37.0 Å². The number of hydrogen-bond acceptors (Lipinski definition) is 4. The third kappa shape index (κ3) is 1.37. The Morgan fingerprint density at radius 2 is 2.69 bits per heavy atom. The topological polar surface area (TPSA) is 53.9 Å². The normalized spacial score (nSPS) is 19.0. The van der Waals surface area contributed by atoms with Gasteiger partial charge in [0.1, 0.15) is 0 Å². The minimum Gasteiger partial charge on any atom is -0.448 e. The smallest absolute Gasteiger partial charge is 0.428 e. The number of hydrazine groups is 1. The summed E-state index contributed by atoms with van der Waals surface area (Å²) in [5.41, 5.74) is 5.01. The van der Waals surface area contributed by atoms with Crippen molar-refractivity contribution in [2.75, 3.05) is 19.7 Å². The fourth-order valence-electron chi connectivity index (χ4n) is 1.35. The standard InChI is InChI=1S/C8H11N3O2/c1-2-13-8(12)11-5-6-3-9-4-7(6)10-11/h4,10H,2-3,5H2,1H3. The van der Waals surface area contributed by atoms with Crippen molar-refractivity contribution in [1.29, 1.82) is 0 Å². The van der Waals surface area contributed by atoms with Gasteiger partial charge < -0.3 is 4.74 Å². The lowest BCUT2D eigenvalue weighted by Gasteiger charge is -2.16. The van der Waals surface area contributed by atoms with Crippen LogP contribution in [0.3, 0.4) is 0 Å². The highest BCUT2D eigenvalue weighted by Crippen LogP contribution is 2.16. The van der Waals surface area contributed by atoms with Crippen LogP contribution < -0.4 is 5.43 Å². The Hall–Kier alpha value is -1.52. The second kappa shape index (κ2) is 3.08. The van der Waals surface area contributed by atoms with Crippen LogP contribution in [0, 0.1) is 0 Å². The number of nitrogens with one attached hydrogen (secondary N) is 1. The van der Waals surface area contributed by atoms with Gasteiger partial charge in [-0.1, -0.05) is 0 Å². The number of carbonyl (C=O) groups excluding carboxylic acids is 1. The number of rotatable bonds is 1. The average molecular weight is 181 g/mol. The fourth-order valence-corrected chi connectivity index (χ4v) is 1.35. The number of nitrogens with zero attached hydrogens (tertiary/aromatic N) is 2. The Kier molecular flexibility index (Phi) is 1.92. The van der Waals surface area contributed by atoms with Crippen LogP contribution in [0.4, 0.5) is 4.79 Å². The maximum atomic E-state index is 11.2. The summed E-state index contributed by atoms with van der Waals surface area (Å²) in [5, 5.41) is 1.46. The van der Waals surface area contributed by atoms with E-state index in [9.17, 15) is 4.79 Å². The average Bonchev–Trinajstić information content (AvgIpc) is 2.61. The molecule has 0 radical (unpaired) electrons. The molecule has 0 unspecified atom stereocenters. The van der Waals surface area contributed by atoms with Crippen LogP contribution in [0.2, 0.25) is 0 Å². The van der Waals surface area contributed by atoms with Crippen LogP contribution in [0.15, 0.2) is 16.3 Å². The molecule has 0 aromatic carbocycles. The van der Waals surface area contributed by atoms with Crippen molar-refractivity contribution in [1.82, 2.24) is 10.4 Å². The first-order valence-corrected chi connectivity index (χ1v) is 4.24. The number of carbonyl (C=O) groups is 1. The molecule has 0 aromatic rings. The van der Waals surface area contributed by atoms with Crippen LogP contribution in [0.25, 0.3) is 0 Å². The number of aliphatic imine (C=N–C) groups is 1. The van der Waals surface area contributed by atoms with Crippen molar-refractivity contribution < 1.29 is 9.53 Å². The van der Waals surface area contributed by atoms with Gasteiger partial charge in [-0.3, -0.25) is 10.4 Å². The van der Waals surface area contributed by atoms with Crippen molar-refractivity contribution in [3.05, 3.63) is 11.3 Å². The second-order valence-corrected chi connectivity index (χ2v) is 2.88. The molecule has 1 amide bonds. The summed E-state index contributed by atoms with van der Waals surface area (Å²) in [7, 11) is 0. The molecule has 0 saturated heterocycles.